The molecule has 0 unspecified atom stereocenters. The SMILES string of the molecule is CC(C)(C)NCc1ccc(Cl)cc1Oc1ccc(F)cc1. The Morgan fingerprint density at radius 3 is 2.38 bits per heavy atom. The molecule has 0 spiro atoms. The number of rotatable bonds is 4. The summed E-state index contributed by atoms with van der Waals surface area (Å²) in [6.07, 6.45) is 0. The quantitative estimate of drug-likeness (QED) is 0.842. The average Bonchev–Trinajstić information content (AvgIpc) is 2.39. The van der Waals surface area contributed by atoms with Crippen LogP contribution in [0.5, 0.6) is 11.5 Å². The second-order valence-corrected chi connectivity index (χ2v) is 6.35. The van der Waals surface area contributed by atoms with Crippen LogP contribution in [0.1, 0.15) is 26.3 Å². The van der Waals surface area contributed by atoms with Gasteiger partial charge in [0.1, 0.15) is 17.3 Å². The molecule has 1 N–H and O–H groups in total. The van der Waals surface area contributed by atoms with E-state index in [4.69, 9.17) is 16.3 Å². The van der Waals surface area contributed by atoms with E-state index in [2.05, 4.69) is 26.1 Å². The first kappa shape index (κ1) is 15.8. The number of hydrogen-bond donors (Lipinski definition) is 1. The summed E-state index contributed by atoms with van der Waals surface area (Å²) in [5.74, 6) is 0.963. The molecule has 0 aromatic heterocycles. The molecular formula is C17H19ClFNO. The van der Waals surface area contributed by atoms with Crippen LogP contribution in [-0.4, -0.2) is 5.54 Å². The van der Waals surface area contributed by atoms with Gasteiger partial charge in [0.05, 0.1) is 0 Å². The van der Waals surface area contributed by atoms with E-state index in [9.17, 15) is 4.39 Å². The minimum atomic E-state index is -0.289. The van der Waals surface area contributed by atoms with Crippen LogP contribution in [0.4, 0.5) is 4.39 Å². The monoisotopic (exact) mass is 307 g/mol. The third kappa shape index (κ3) is 5.03. The third-order valence-corrected chi connectivity index (χ3v) is 3.11. The van der Waals surface area contributed by atoms with Gasteiger partial charge in [0, 0.05) is 22.7 Å². The van der Waals surface area contributed by atoms with E-state index in [0.717, 1.165) is 5.56 Å². The van der Waals surface area contributed by atoms with Crippen LogP contribution >= 0.6 is 11.6 Å². The van der Waals surface area contributed by atoms with Gasteiger partial charge in [0.25, 0.3) is 0 Å². The fraction of sp³-hybridized carbons (Fsp3) is 0.294. The van der Waals surface area contributed by atoms with Gasteiger partial charge in [-0.05, 0) is 57.2 Å². The maximum atomic E-state index is 12.9. The molecule has 0 aliphatic rings. The van der Waals surface area contributed by atoms with Crippen LogP contribution in [-0.2, 0) is 6.54 Å². The van der Waals surface area contributed by atoms with Crippen molar-refractivity contribution in [2.75, 3.05) is 0 Å². The van der Waals surface area contributed by atoms with Crippen molar-refractivity contribution in [1.29, 1.82) is 0 Å². The van der Waals surface area contributed by atoms with E-state index in [1.165, 1.54) is 12.1 Å². The van der Waals surface area contributed by atoms with Gasteiger partial charge in [-0.1, -0.05) is 17.7 Å². The summed E-state index contributed by atoms with van der Waals surface area (Å²) in [6.45, 7) is 6.97. The molecular weight excluding hydrogens is 289 g/mol. The smallest absolute Gasteiger partial charge is 0.133 e. The second kappa shape index (κ2) is 6.46. The van der Waals surface area contributed by atoms with E-state index in [-0.39, 0.29) is 11.4 Å². The van der Waals surface area contributed by atoms with Crippen molar-refractivity contribution in [3.8, 4) is 11.5 Å². The van der Waals surface area contributed by atoms with Crippen molar-refractivity contribution >= 4 is 11.6 Å². The van der Waals surface area contributed by atoms with Crippen LogP contribution < -0.4 is 10.1 Å². The van der Waals surface area contributed by atoms with Crippen LogP contribution in [0, 0.1) is 5.82 Å². The van der Waals surface area contributed by atoms with Gasteiger partial charge in [-0.3, -0.25) is 0 Å². The Balaban J connectivity index is 2.20. The lowest BCUT2D eigenvalue weighted by Crippen LogP contribution is -2.35. The fourth-order valence-corrected chi connectivity index (χ4v) is 1.92. The summed E-state index contributed by atoms with van der Waals surface area (Å²) in [7, 11) is 0. The molecule has 21 heavy (non-hydrogen) atoms. The molecule has 0 fully saturated rings. The van der Waals surface area contributed by atoms with Gasteiger partial charge in [0.2, 0.25) is 0 Å². The fourth-order valence-electron chi connectivity index (χ4n) is 1.76. The summed E-state index contributed by atoms with van der Waals surface area (Å²) < 4.78 is 18.8. The molecule has 0 atom stereocenters. The average molecular weight is 308 g/mol. The summed E-state index contributed by atoms with van der Waals surface area (Å²) in [6, 6.07) is 11.5. The van der Waals surface area contributed by atoms with Crippen LogP contribution in [0.2, 0.25) is 5.02 Å². The normalized spacial score (nSPS) is 11.5. The summed E-state index contributed by atoms with van der Waals surface area (Å²) >= 11 is 6.04. The molecule has 0 bridgehead atoms. The molecule has 0 amide bonds. The highest BCUT2D eigenvalue weighted by Gasteiger charge is 2.12. The molecule has 2 aromatic rings. The number of benzene rings is 2. The van der Waals surface area contributed by atoms with Crippen molar-refractivity contribution in [1.82, 2.24) is 5.32 Å². The number of halogens is 2. The molecule has 2 rings (SSSR count). The molecule has 0 saturated heterocycles. The summed E-state index contributed by atoms with van der Waals surface area (Å²) in [5, 5.41) is 4.01. The Morgan fingerprint density at radius 2 is 1.76 bits per heavy atom. The van der Waals surface area contributed by atoms with Crippen molar-refractivity contribution in [3.63, 3.8) is 0 Å². The molecule has 2 nitrogen and oxygen atoms in total. The third-order valence-electron chi connectivity index (χ3n) is 2.88. The summed E-state index contributed by atoms with van der Waals surface area (Å²) in [4.78, 5) is 0. The van der Waals surface area contributed by atoms with Gasteiger partial charge in [-0.25, -0.2) is 4.39 Å². The Hall–Kier alpha value is -1.58. The lowest BCUT2D eigenvalue weighted by Gasteiger charge is -2.21. The van der Waals surface area contributed by atoms with Gasteiger partial charge in [0.15, 0.2) is 0 Å². The van der Waals surface area contributed by atoms with E-state index < -0.39 is 0 Å². The van der Waals surface area contributed by atoms with E-state index in [1.54, 1.807) is 18.2 Å². The Labute approximate surface area is 129 Å². The zero-order valence-corrected chi connectivity index (χ0v) is 13.2. The van der Waals surface area contributed by atoms with Crippen LogP contribution in [0.3, 0.4) is 0 Å². The maximum Gasteiger partial charge on any atom is 0.133 e. The van der Waals surface area contributed by atoms with E-state index in [1.807, 2.05) is 12.1 Å². The zero-order valence-electron chi connectivity index (χ0n) is 12.4. The lowest BCUT2D eigenvalue weighted by atomic mass is 10.1. The molecule has 4 heteroatoms. The molecule has 112 valence electrons. The largest absolute Gasteiger partial charge is 0.457 e. The predicted octanol–water partition coefficient (Wildman–Crippen LogP) is 5.16. The highest BCUT2D eigenvalue weighted by molar-refractivity contribution is 6.30. The Kier molecular flexibility index (Phi) is 4.86. The highest BCUT2D eigenvalue weighted by Crippen LogP contribution is 2.29. The van der Waals surface area contributed by atoms with Crippen molar-refractivity contribution in [2.24, 2.45) is 0 Å². The van der Waals surface area contributed by atoms with E-state index >= 15 is 0 Å². The van der Waals surface area contributed by atoms with Crippen molar-refractivity contribution in [2.45, 2.75) is 32.9 Å². The van der Waals surface area contributed by atoms with Gasteiger partial charge < -0.3 is 10.1 Å². The first-order valence-electron chi connectivity index (χ1n) is 6.80. The first-order valence-corrected chi connectivity index (χ1v) is 7.18. The topological polar surface area (TPSA) is 21.3 Å². The molecule has 0 heterocycles. The molecule has 0 aliphatic heterocycles. The van der Waals surface area contributed by atoms with Gasteiger partial charge in [-0.2, -0.15) is 0 Å². The maximum absolute atomic E-state index is 12.9. The predicted molar refractivity (Wildman–Crippen MR) is 84.5 cm³/mol. The minimum absolute atomic E-state index is 0.00673. The first-order chi connectivity index (χ1) is 9.83. The second-order valence-electron chi connectivity index (χ2n) is 5.91. The Morgan fingerprint density at radius 1 is 1.10 bits per heavy atom. The standard InChI is InChI=1S/C17H19ClFNO/c1-17(2,3)20-11-12-4-5-13(18)10-16(12)21-15-8-6-14(19)7-9-15/h4-10,20H,11H2,1-3H3. The molecule has 0 aliphatic carbocycles. The zero-order chi connectivity index (χ0) is 15.5. The Bertz CT molecular complexity index is 605. The van der Waals surface area contributed by atoms with Crippen LogP contribution in [0.25, 0.3) is 0 Å². The van der Waals surface area contributed by atoms with Crippen molar-refractivity contribution in [3.05, 3.63) is 58.9 Å². The number of ether oxygens (including phenoxy) is 1. The molecule has 2 aromatic carbocycles. The minimum Gasteiger partial charge on any atom is -0.457 e. The van der Waals surface area contributed by atoms with Crippen LogP contribution in [0.15, 0.2) is 42.5 Å². The number of nitrogens with one attached hydrogen (secondary N) is 1. The van der Waals surface area contributed by atoms with Gasteiger partial charge >= 0.3 is 0 Å². The molecule has 0 saturated carbocycles. The van der Waals surface area contributed by atoms with E-state index in [0.29, 0.717) is 23.1 Å². The van der Waals surface area contributed by atoms with Crippen molar-refractivity contribution < 1.29 is 9.13 Å². The lowest BCUT2D eigenvalue weighted by molar-refractivity contribution is 0.414. The summed E-state index contributed by atoms with van der Waals surface area (Å²) in [5.41, 5.74) is 1.01. The number of hydrogen-bond acceptors (Lipinski definition) is 2. The highest BCUT2D eigenvalue weighted by atomic mass is 35.5. The molecule has 0 radical (unpaired) electrons. The van der Waals surface area contributed by atoms with Gasteiger partial charge in [-0.15, -0.1) is 0 Å².